The van der Waals surface area contributed by atoms with E-state index >= 15 is 0 Å². The molecule has 15 heavy (non-hydrogen) atoms. The van der Waals surface area contributed by atoms with E-state index in [9.17, 15) is 0 Å². The molecular weight excluding hydrogens is 186 g/mol. The average molecular weight is 205 g/mol. The molecule has 1 unspecified atom stereocenters. The Bertz CT molecular complexity index is 320. The maximum Gasteiger partial charge on any atom is 0.119 e. The van der Waals surface area contributed by atoms with Gasteiger partial charge in [-0.1, -0.05) is 24.3 Å². The first-order valence-corrected chi connectivity index (χ1v) is 5.24. The Kier molecular flexibility index (Phi) is 4.91. The highest BCUT2D eigenvalue weighted by Gasteiger charge is 1.94. The van der Waals surface area contributed by atoms with Gasteiger partial charge in [0.15, 0.2) is 0 Å². The van der Waals surface area contributed by atoms with E-state index in [1.165, 1.54) is 5.56 Å². The Morgan fingerprint density at radius 3 is 2.93 bits per heavy atom. The van der Waals surface area contributed by atoms with Gasteiger partial charge in [0.1, 0.15) is 5.75 Å². The van der Waals surface area contributed by atoms with Crippen LogP contribution in [0.15, 0.2) is 30.3 Å². The number of nitrogens with one attached hydrogen (secondary N) is 1. The van der Waals surface area contributed by atoms with Gasteiger partial charge in [-0.2, -0.15) is 0 Å². The van der Waals surface area contributed by atoms with Crippen LogP contribution in [-0.2, 0) is 0 Å². The van der Waals surface area contributed by atoms with Gasteiger partial charge in [-0.3, -0.25) is 0 Å². The fraction of sp³-hybridized carbons (Fsp3) is 0.385. The molecule has 0 aliphatic heterocycles. The monoisotopic (exact) mass is 205 g/mol. The van der Waals surface area contributed by atoms with E-state index in [2.05, 4.69) is 30.5 Å². The third kappa shape index (κ3) is 4.17. The van der Waals surface area contributed by atoms with Gasteiger partial charge in [0.2, 0.25) is 0 Å². The van der Waals surface area contributed by atoms with Crippen molar-refractivity contribution in [3.63, 3.8) is 0 Å². The van der Waals surface area contributed by atoms with Crippen LogP contribution in [0.3, 0.4) is 0 Å². The lowest BCUT2D eigenvalue weighted by Crippen LogP contribution is -2.19. The maximum atomic E-state index is 5.16. The second-order valence-electron chi connectivity index (χ2n) is 3.60. The topological polar surface area (TPSA) is 21.3 Å². The lowest BCUT2D eigenvalue weighted by molar-refractivity contribution is 0.414. The third-order valence-corrected chi connectivity index (χ3v) is 2.39. The Morgan fingerprint density at radius 1 is 1.47 bits per heavy atom. The normalized spacial score (nSPS) is 13.0. The summed E-state index contributed by atoms with van der Waals surface area (Å²) in [5, 5.41) is 3.20. The molecule has 0 saturated heterocycles. The van der Waals surface area contributed by atoms with Gasteiger partial charge < -0.3 is 10.1 Å². The first-order chi connectivity index (χ1) is 7.26. The highest BCUT2D eigenvalue weighted by molar-refractivity contribution is 5.51. The molecule has 0 aromatic heterocycles. The van der Waals surface area contributed by atoms with Crippen molar-refractivity contribution in [3.05, 3.63) is 35.9 Å². The molecular formula is C13H19NO. The van der Waals surface area contributed by atoms with Gasteiger partial charge in [-0.25, -0.2) is 0 Å². The summed E-state index contributed by atoms with van der Waals surface area (Å²) in [6.45, 7) is 2.16. The minimum absolute atomic E-state index is 0.520. The number of hydrogen-bond acceptors (Lipinski definition) is 2. The summed E-state index contributed by atoms with van der Waals surface area (Å²) >= 11 is 0. The molecule has 1 rings (SSSR count). The summed E-state index contributed by atoms with van der Waals surface area (Å²) in [6.07, 6.45) is 5.33. The van der Waals surface area contributed by atoms with E-state index in [-0.39, 0.29) is 0 Å². The molecule has 2 nitrogen and oxygen atoms in total. The Labute approximate surface area is 92.0 Å². The molecule has 1 aromatic rings. The number of methoxy groups -OCH3 is 1. The van der Waals surface area contributed by atoms with Crippen molar-refractivity contribution in [3.8, 4) is 5.75 Å². The van der Waals surface area contributed by atoms with Crippen LogP contribution in [0.25, 0.3) is 6.08 Å². The quantitative estimate of drug-likeness (QED) is 0.798. The third-order valence-electron chi connectivity index (χ3n) is 2.39. The molecule has 0 bridgehead atoms. The van der Waals surface area contributed by atoms with Crippen molar-refractivity contribution < 1.29 is 4.74 Å². The summed E-state index contributed by atoms with van der Waals surface area (Å²) in [4.78, 5) is 0. The Hall–Kier alpha value is -1.28. The van der Waals surface area contributed by atoms with E-state index < -0.39 is 0 Å². The predicted molar refractivity (Wildman–Crippen MR) is 65.2 cm³/mol. The Morgan fingerprint density at radius 2 is 2.27 bits per heavy atom. The van der Waals surface area contributed by atoms with Crippen LogP contribution in [0.2, 0.25) is 0 Å². The summed E-state index contributed by atoms with van der Waals surface area (Å²) in [5.74, 6) is 0.902. The van der Waals surface area contributed by atoms with Crippen LogP contribution in [0.5, 0.6) is 5.75 Å². The van der Waals surface area contributed by atoms with Crippen molar-refractivity contribution in [1.29, 1.82) is 0 Å². The molecule has 0 spiro atoms. The van der Waals surface area contributed by atoms with Gasteiger partial charge in [-0.05, 0) is 38.1 Å². The SMILES string of the molecule is CNC(C)C/C=C/c1cccc(OC)c1. The van der Waals surface area contributed by atoms with Crippen LogP contribution < -0.4 is 10.1 Å². The van der Waals surface area contributed by atoms with Crippen molar-refractivity contribution >= 4 is 6.08 Å². The highest BCUT2D eigenvalue weighted by Crippen LogP contribution is 2.13. The van der Waals surface area contributed by atoms with Crippen LogP contribution in [0, 0.1) is 0 Å². The first kappa shape index (κ1) is 11.8. The largest absolute Gasteiger partial charge is 0.497 e. The van der Waals surface area contributed by atoms with E-state index in [1.807, 2.05) is 25.2 Å². The highest BCUT2D eigenvalue weighted by atomic mass is 16.5. The van der Waals surface area contributed by atoms with E-state index in [1.54, 1.807) is 7.11 Å². The average Bonchev–Trinajstić information content (AvgIpc) is 2.29. The lowest BCUT2D eigenvalue weighted by Gasteiger charge is -2.05. The van der Waals surface area contributed by atoms with Crippen molar-refractivity contribution in [1.82, 2.24) is 5.32 Å². The molecule has 0 amide bonds. The lowest BCUT2D eigenvalue weighted by atomic mass is 10.1. The first-order valence-electron chi connectivity index (χ1n) is 5.24. The summed E-state index contributed by atoms with van der Waals surface area (Å²) < 4.78 is 5.16. The van der Waals surface area contributed by atoms with Crippen LogP contribution in [0.4, 0.5) is 0 Å². The van der Waals surface area contributed by atoms with Gasteiger partial charge in [-0.15, -0.1) is 0 Å². The molecule has 0 aliphatic carbocycles. The van der Waals surface area contributed by atoms with Gasteiger partial charge >= 0.3 is 0 Å². The Balaban J connectivity index is 2.56. The number of hydrogen-bond donors (Lipinski definition) is 1. The molecule has 0 aliphatic rings. The standard InChI is InChI=1S/C13H19NO/c1-11(14-2)6-4-7-12-8-5-9-13(10-12)15-3/h4-5,7-11,14H,6H2,1-3H3/b7-4+. The minimum atomic E-state index is 0.520. The molecule has 2 heteroatoms. The molecule has 82 valence electrons. The number of benzene rings is 1. The minimum Gasteiger partial charge on any atom is -0.497 e. The summed E-state index contributed by atoms with van der Waals surface area (Å²) in [5.41, 5.74) is 1.18. The molecule has 1 aromatic carbocycles. The van der Waals surface area contributed by atoms with Gasteiger partial charge in [0, 0.05) is 6.04 Å². The van der Waals surface area contributed by atoms with Crippen LogP contribution in [0.1, 0.15) is 18.9 Å². The zero-order valence-electron chi connectivity index (χ0n) is 9.66. The van der Waals surface area contributed by atoms with Gasteiger partial charge in [0.05, 0.1) is 7.11 Å². The van der Waals surface area contributed by atoms with Crippen molar-refractivity contribution in [2.24, 2.45) is 0 Å². The van der Waals surface area contributed by atoms with Crippen LogP contribution in [-0.4, -0.2) is 20.2 Å². The van der Waals surface area contributed by atoms with E-state index in [4.69, 9.17) is 4.74 Å². The fourth-order valence-electron chi connectivity index (χ4n) is 1.27. The fourth-order valence-corrected chi connectivity index (χ4v) is 1.27. The molecule has 1 atom stereocenters. The molecule has 0 heterocycles. The second kappa shape index (κ2) is 6.25. The molecule has 0 fully saturated rings. The van der Waals surface area contributed by atoms with Crippen LogP contribution >= 0.6 is 0 Å². The number of ether oxygens (including phenoxy) is 1. The van der Waals surface area contributed by atoms with E-state index in [0.717, 1.165) is 12.2 Å². The smallest absolute Gasteiger partial charge is 0.119 e. The van der Waals surface area contributed by atoms with Crippen molar-refractivity contribution in [2.75, 3.05) is 14.2 Å². The molecule has 0 radical (unpaired) electrons. The molecule has 1 N–H and O–H groups in total. The second-order valence-corrected chi connectivity index (χ2v) is 3.60. The molecule has 0 saturated carbocycles. The zero-order chi connectivity index (χ0) is 11.1. The van der Waals surface area contributed by atoms with Crippen molar-refractivity contribution in [2.45, 2.75) is 19.4 Å². The summed E-state index contributed by atoms with van der Waals surface area (Å²) in [6, 6.07) is 8.57. The van der Waals surface area contributed by atoms with Gasteiger partial charge in [0.25, 0.3) is 0 Å². The predicted octanol–water partition coefficient (Wildman–Crippen LogP) is 2.71. The maximum absolute atomic E-state index is 5.16. The zero-order valence-corrected chi connectivity index (χ0v) is 9.66. The van der Waals surface area contributed by atoms with E-state index in [0.29, 0.717) is 6.04 Å². The number of rotatable bonds is 5. The summed E-state index contributed by atoms with van der Waals surface area (Å²) in [7, 11) is 3.66.